The Bertz CT molecular complexity index is 876. The lowest BCUT2D eigenvalue weighted by molar-refractivity contribution is -0.136. The highest BCUT2D eigenvalue weighted by molar-refractivity contribution is 5.95. The molecule has 6 nitrogen and oxygen atoms in total. The van der Waals surface area contributed by atoms with Crippen molar-refractivity contribution in [2.24, 2.45) is 0 Å². The van der Waals surface area contributed by atoms with Crippen molar-refractivity contribution < 1.29 is 14.3 Å². The summed E-state index contributed by atoms with van der Waals surface area (Å²) < 4.78 is 5.02. The molecule has 1 aliphatic heterocycles. The van der Waals surface area contributed by atoms with Gasteiger partial charge in [-0.1, -0.05) is 60.2 Å². The van der Waals surface area contributed by atoms with Crippen molar-refractivity contribution in [2.75, 3.05) is 20.7 Å². The summed E-state index contributed by atoms with van der Waals surface area (Å²) in [5.74, 6) is -0.457. The highest BCUT2D eigenvalue weighted by atomic mass is 16.5. The van der Waals surface area contributed by atoms with Gasteiger partial charge in [0.15, 0.2) is 0 Å². The lowest BCUT2D eigenvalue weighted by Crippen LogP contribution is -2.48. The van der Waals surface area contributed by atoms with Crippen LogP contribution >= 0.6 is 0 Å². The van der Waals surface area contributed by atoms with E-state index in [0.717, 1.165) is 16.7 Å². The molecule has 0 saturated heterocycles. The van der Waals surface area contributed by atoms with Crippen molar-refractivity contribution in [3.63, 3.8) is 0 Å². The number of nitrogens with one attached hydrogen (secondary N) is 2. The van der Waals surface area contributed by atoms with Crippen molar-refractivity contribution in [1.29, 1.82) is 0 Å². The summed E-state index contributed by atoms with van der Waals surface area (Å²) >= 11 is 0. The second kappa shape index (κ2) is 8.71. The first-order valence-electron chi connectivity index (χ1n) is 9.16. The number of benzene rings is 2. The Kier molecular flexibility index (Phi) is 6.11. The predicted molar refractivity (Wildman–Crippen MR) is 107 cm³/mol. The van der Waals surface area contributed by atoms with Gasteiger partial charge in [0.2, 0.25) is 0 Å². The number of esters is 1. The van der Waals surface area contributed by atoms with E-state index in [-0.39, 0.29) is 6.03 Å². The number of aryl methyl sites for hydroxylation is 1. The Labute approximate surface area is 165 Å². The van der Waals surface area contributed by atoms with Crippen LogP contribution in [0.25, 0.3) is 0 Å². The van der Waals surface area contributed by atoms with Crippen molar-refractivity contribution in [1.82, 2.24) is 15.5 Å². The van der Waals surface area contributed by atoms with Gasteiger partial charge < -0.3 is 15.4 Å². The fourth-order valence-corrected chi connectivity index (χ4v) is 3.32. The normalized spacial score (nSPS) is 16.6. The number of carbonyl (C=O) groups excluding carboxylic acids is 2. The van der Waals surface area contributed by atoms with Crippen LogP contribution in [0.15, 0.2) is 65.9 Å². The monoisotopic (exact) mass is 379 g/mol. The molecule has 2 aromatic rings. The van der Waals surface area contributed by atoms with Gasteiger partial charge in [0, 0.05) is 18.8 Å². The van der Waals surface area contributed by atoms with E-state index in [0.29, 0.717) is 24.4 Å². The average Bonchev–Trinajstić information content (AvgIpc) is 2.68. The molecule has 6 heteroatoms. The minimum absolute atomic E-state index is 0.332. The lowest BCUT2D eigenvalue weighted by Gasteiger charge is -2.31. The van der Waals surface area contributed by atoms with E-state index < -0.39 is 12.0 Å². The van der Waals surface area contributed by atoms with Gasteiger partial charge in [0.05, 0.1) is 18.7 Å². The number of urea groups is 1. The molecule has 1 aliphatic rings. The zero-order chi connectivity index (χ0) is 20.1. The molecular formula is C22H25N3O3. The number of hydrogen-bond acceptors (Lipinski definition) is 4. The molecule has 1 atom stereocenters. The predicted octanol–water partition coefficient (Wildman–Crippen LogP) is 2.91. The molecule has 2 N–H and O–H groups in total. The SMILES string of the molecule is COC(=O)C1=C(CN(C)Cc2ccccc2)NC(=O)NC1c1ccc(C)cc1. The number of hydrogen-bond donors (Lipinski definition) is 2. The summed E-state index contributed by atoms with van der Waals surface area (Å²) in [5, 5.41) is 5.64. The number of likely N-dealkylation sites (N-methyl/N-ethyl adjacent to an activating group) is 1. The summed E-state index contributed by atoms with van der Waals surface area (Å²) in [7, 11) is 3.30. The molecule has 1 unspecified atom stereocenters. The number of carbonyl (C=O) groups is 2. The van der Waals surface area contributed by atoms with E-state index in [1.807, 2.05) is 73.5 Å². The van der Waals surface area contributed by atoms with E-state index in [9.17, 15) is 9.59 Å². The van der Waals surface area contributed by atoms with Crippen molar-refractivity contribution in [3.8, 4) is 0 Å². The minimum Gasteiger partial charge on any atom is -0.466 e. The molecular weight excluding hydrogens is 354 g/mol. The molecule has 0 saturated carbocycles. The molecule has 0 spiro atoms. The molecule has 28 heavy (non-hydrogen) atoms. The van der Waals surface area contributed by atoms with Crippen LogP contribution in [0.1, 0.15) is 22.7 Å². The van der Waals surface area contributed by atoms with Gasteiger partial charge in [-0.25, -0.2) is 9.59 Å². The summed E-state index contributed by atoms with van der Waals surface area (Å²) in [4.78, 5) is 26.9. The van der Waals surface area contributed by atoms with Gasteiger partial charge >= 0.3 is 12.0 Å². The smallest absolute Gasteiger partial charge is 0.338 e. The van der Waals surface area contributed by atoms with Crippen molar-refractivity contribution in [3.05, 3.63) is 82.6 Å². The van der Waals surface area contributed by atoms with Crippen molar-refractivity contribution >= 4 is 12.0 Å². The van der Waals surface area contributed by atoms with Crippen LogP contribution in [0.5, 0.6) is 0 Å². The third-order valence-corrected chi connectivity index (χ3v) is 4.69. The molecule has 1 heterocycles. The topological polar surface area (TPSA) is 70.7 Å². The van der Waals surface area contributed by atoms with Crippen molar-refractivity contribution in [2.45, 2.75) is 19.5 Å². The molecule has 0 fully saturated rings. The van der Waals surface area contributed by atoms with Crippen LogP contribution in [0, 0.1) is 6.92 Å². The molecule has 2 amide bonds. The van der Waals surface area contributed by atoms with Gasteiger partial charge in [0.25, 0.3) is 0 Å². The zero-order valence-corrected chi connectivity index (χ0v) is 16.4. The Morgan fingerprint density at radius 1 is 1.07 bits per heavy atom. The molecule has 3 rings (SSSR count). The molecule has 0 aliphatic carbocycles. The third-order valence-electron chi connectivity index (χ3n) is 4.69. The van der Waals surface area contributed by atoms with Crippen LogP contribution in [0.2, 0.25) is 0 Å². The average molecular weight is 379 g/mol. The highest BCUT2D eigenvalue weighted by Crippen LogP contribution is 2.28. The van der Waals surface area contributed by atoms with Gasteiger partial charge in [-0.15, -0.1) is 0 Å². The Morgan fingerprint density at radius 3 is 2.39 bits per heavy atom. The number of nitrogens with zero attached hydrogens (tertiary/aromatic N) is 1. The van der Waals surface area contributed by atoms with Gasteiger partial charge in [-0.05, 0) is 25.1 Å². The summed E-state index contributed by atoms with van der Waals surface area (Å²) in [5.41, 5.74) is 4.07. The third kappa shape index (κ3) is 4.58. The number of rotatable bonds is 6. The number of amides is 2. The maximum absolute atomic E-state index is 12.6. The molecule has 0 radical (unpaired) electrons. The Hall–Kier alpha value is -3.12. The largest absolute Gasteiger partial charge is 0.466 e. The highest BCUT2D eigenvalue weighted by Gasteiger charge is 2.33. The van der Waals surface area contributed by atoms with Gasteiger partial charge in [-0.2, -0.15) is 0 Å². The standard InChI is InChI=1S/C22H25N3O3/c1-15-9-11-17(12-10-15)20-19(21(26)28-3)18(23-22(27)24-20)14-25(2)13-16-7-5-4-6-8-16/h4-12,20H,13-14H2,1-3H3,(H2,23,24,27). The molecule has 0 bridgehead atoms. The number of methoxy groups -OCH3 is 1. The fraction of sp³-hybridized carbons (Fsp3) is 0.273. The van der Waals surface area contributed by atoms with E-state index >= 15 is 0 Å². The second-order valence-corrected chi connectivity index (χ2v) is 6.98. The van der Waals surface area contributed by atoms with E-state index in [1.54, 1.807) is 0 Å². The zero-order valence-electron chi connectivity index (χ0n) is 16.4. The second-order valence-electron chi connectivity index (χ2n) is 6.98. The van der Waals surface area contributed by atoms with E-state index in [4.69, 9.17) is 4.74 Å². The summed E-state index contributed by atoms with van der Waals surface area (Å²) in [6.45, 7) is 3.10. The minimum atomic E-state index is -0.554. The summed E-state index contributed by atoms with van der Waals surface area (Å²) in [6.07, 6.45) is 0. The first kappa shape index (κ1) is 19.6. The molecule has 0 aromatic heterocycles. The molecule has 2 aromatic carbocycles. The van der Waals surface area contributed by atoms with Gasteiger partial charge in [0.1, 0.15) is 0 Å². The van der Waals surface area contributed by atoms with E-state index in [2.05, 4.69) is 10.6 Å². The maximum Gasteiger partial charge on any atom is 0.338 e. The lowest BCUT2D eigenvalue weighted by atomic mass is 9.94. The first-order valence-corrected chi connectivity index (χ1v) is 9.16. The van der Waals surface area contributed by atoms with Crippen LogP contribution in [-0.2, 0) is 16.1 Å². The quantitative estimate of drug-likeness (QED) is 0.757. The first-order chi connectivity index (χ1) is 13.5. The fourth-order valence-electron chi connectivity index (χ4n) is 3.32. The van der Waals surface area contributed by atoms with Crippen LogP contribution in [0.4, 0.5) is 4.79 Å². The summed E-state index contributed by atoms with van der Waals surface area (Å²) in [6, 6.07) is 16.9. The Morgan fingerprint density at radius 2 is 1.75 bits per heavy atom. The van der Waals surface area contributed by atoms with Gasteiger partial charge in [-0.3, -0.25) is 4.90 Å². The van der Waals surface area contributed by atoms with Crippen LogP contribution in [-0.4, -0.2) is 37.6 Å². The van der Waals surface area contributed by atoms with Crippen LogP contribution in [0.3, 0.4) is 0 Å². The van der Waals surface area contributed by atoms with E-state index in [1.165, 1.54) is 7.11 Å². The molecule has 146 valence electrons. The number of ether oxygens (including phenoxy) is 1. The van der Waals surface area contributed by atoms with Crippen LogP contribution < -0.4 is 10.6 Å². The Balaban J connectivity index is 1.92. The maximum atomic E-state index is 12.6.